The standard InChI is InChI=1S/C13H13F3N4O3/c1-8-5-10(19-23-8)18-12(21)7-20(2)11-4-3-9(6-17-11)22-13(14,15)16/h3-6H,7H2,1-2H3,(H,18,19,21). The van der Waals surface area contributed by atoms with Crippen LogP contribution in [0.1, 0.15) is 5.76 Å². The average Bonchev–Trinajstić information content (AvgIpc) is 2.82. The molecular formula is C13H13F3N4O3. The molecule has 0 aliphatic rings. The lowest BCUT2D eigenvalue weighted by molar-refractivity contribution is -0.274. The van der Waals surface area contributed by atoms with E-state index in [9.17, 15) is 18.0 Å². The lowest BCUT2D eigenvalue weighted by Gasteiger charge is -2.17. The van der Waals surface area contributed by atoms with Crippen LogP contribution >= 0.6 is 0 Å². The number of hydrogen-bond acceptors (Lipinski definition) is 6. The molecule has 1 amide bonds. The number of halogens is 3. The van der Waals surface area contributed by atoms with Gasteiger partial charge in [0.15, 0.2) is 5.82 Å². The molecule has 2 aromatic heterocycles. The van der Waals surface area contributed by atoms with Crippen molar-refractivity contribution >= 4 is 17.5 Å². The molecule has 0 bridgehead atoms. The summed E-state index contributed by atoms with van der Waals surface area (Å²) in [5.74, 6) is 0.333. The molecule has 0 radical (unpaired) electrons. The number of hydrogen-bond donors (Lipinski definition) is 1. The minimum Gasteiger partial charge on any atom is -0.404 e. The molecule has 0 spiro atoms. The quantitative estimate of drug-likeness (QED) is 0.906. The summed E-state index contributed by atoms with van der Waals surface area (Å²) in [5, 5.41) is 6.14. The fourth-order valence-corrected chi connectivity index (χ4v) is 1.70. The zero-order valence-corrected chi connectivity index (χ0v) is 12.2. The zero-order valence-electron chi connectivity index (χ0n) is 12.2. The average molecular weight is 330 g/mol. The Morgan fingerprint density at radius 1 is 1.43 bits per heavy atom. The third kappa shape index (κ3) is 5.16. The summed E-state index contributed by atoms with van der Waals surface area (Å²) in [5.41, 5.74) is 0. The van der Waals surface area contributed by atoms with Gasteiger partial charge in [-0.3, -0.25) is 4.79 Å². The van der Waals surface area contributed by atoms with Crippen LogP contribution in [-0.2, 0) is 4.79 Å². The number of anilines is 2. The van der Waals surface area contributed by atoms with Gasteiger partial charge in [-0.25, -0.2) is 4.98 Å². The van der Waals surface area contributed by atoms with Crippen LogP contribution in [0.4, 0.5) is 24.8 Å². The number of aryl methyl sites for hydroxylation is 1. The molecule has 7 nitrogen and oxygen atoms in total. The van der Waals surface area contributed by atoms with Gasteiger partial charge in [-0.1, -0.05) is 5.16 Å². The highest BCUT2D eigenvalue weighted by Gasteiger charge is 2.31. The largest absolute Gasteiger partial charge is 0.573 e. The Kier molecular flexibility index (Phi) is 4.72. The minimum atomic E-state index is -4.77. The summed E-state index contributed by atoms with van der Waals surface area (Å²) in [6.07, 6.45) is -3.84. The molecule has 1 N–H and O–H groups in total. The third-order valence-electron chi connectivity index (χ3n) is 2.62. The van der Waals surface area contributed by atoms with Crippen molar-refractivity contribution in [2.45, 2.75) is 13.3 Å². The Balaban J connectivity index is 1.92. The van der Waals surface area contributed by atoms with Crippen molar-refractivity contribution in [1.82, 2.24) is 10.1 Å². The van der Waals surface area contributed by atoms with Gasteiger partial charge in [0.25, 0.3) is 0 Å². The van der Waals surface area contributed by atoms with Gasteiger partial charge in [0.2, 0.25) is 5.91 Å². The zero-order chi connectivity index (χ0) is 17.0. The van der Waals surface area contributed by atoms with E-state index in [2.05, 4.69) is 20.2 Å². The molecule has 0 aliphatic heterocycles. The lowest BCUT2D eigenvalue weighted by Crippen LogP contribution is -2.30. The molecular weight excluding hydrogens is 317 g/mol. The van der Waals surface area contributed by atoms with E-state index in [0.717, 1.165) is 12.3 Å². The number of nitrogens with one attached hydrogen (secondary N) is 1. The van der Waals surface area contributed by atoms with E-state index in [1.165, 1.54) is 11.0 Å². The Hall–Kier alpha value is -2.78. The summed E-state index contributed by atoms with van der Waals surface area (Å²) < 4.78 is 44.7. The summed E-state index contributed by atoms with van der Waals surface area (Å²) >= 11 is 0. The molecule has 0 saturated carbocycles. The number of aromatic nitrogens is 2. The monoisotopic (exact) mass is 330 g/mol. The predicted molar refractivity (Wildman–Crippen MR) is 74.1 cm³/mol. The maximum Gasteiger partial charge on any atom is 0.573 e. The molecule has 124 valence electrons. The predicted octanol–water partition coefficient (Wildman–Crippen LogP) is 2.35. The van der Waals surface area contributed by atoms with Crippen LogP contribution in [0.3, 0.4) is 0 Å². The highest BCUT2D eigenvalue weighted by atomic mass is 19.4. The van der Waals surface area contributed by atoms with Gasteiger partial charge in [0.05, 0.1) is 12.7 Å². The minimum absolute atomic E-state index is 0.0710. The molecule has 0 aliphatic carbocycles. The molecule has 0 unspecified atom stereocenters. The first-order chi connectivity index (χ1) is 10.7. The molecule has 2 rings (SSSR count). The first-order valence-corrected chi connectivity index (χ1v) is 6.39. The van der Waals surface area contributed by atoms with E-state index in [1.807, 2.05) is 0 Å². The van der Waals surface area contributed by atoms with Crippen LogP contribution < -0.4 is 15.0 Å². The smallest absolute Gasteiger partial charge is 0.404 e. The first kappa shape index (κ1) is 16.6. The molecule has 0 saturated heterocycles. The van der Waals surface area contributed by atoms with E-state index in [1.54, 1.807) is 20.0 Å². The summed E-state index contributed by atoms with van der Waals surface area (Å²) in [6, 6.07) is 3.99. The second-order valence-electron chi connectivity index (χ2n) is 4.63. The topological polar surface area (TPSA) is 80.5 Å². The number of carbonyl (C=O) groups excluding carboxylic acids is 1. The fourth-order valence-electron chi connectivity index (χ4n) is 1.70. The number of alkyl halides is 3. The van der Waals surface area contributed by atoms with Gasteiger partial charge >= 0.3 is 6.36 Å². The SMILES string of the molecule is Cc1cc(NC(=O)CN(C)c2ccc(OC(F)(F)F)cn2)no1. The molecule has 0 aromatic carbocycles. The molecule has 0 fully saturated rings. The van der Waals surface area contributed by atoms with E-state index in [4.69, 9.17) is 4.52 Å². The van der Waals surface area contributed by atoms with Crippen molar-refractivity contribution in [3.63, 3.8) is 0 Å². The van der Waals surface area contributed by atoms with Gasteiger partial charge in [-0.15, -0.1) is 13.2 Å². The van der Waals surface area contributed by atoms with Crippen molar-refractivity contribution in [3.05, 3.63) is 30.2 Å². The number of carbonyl (C=O) groups is 1. The lowest BCUT2D eigenvalue weighted by atomic mass is 10.4. The van der Waals surface area contributed by atoms with Crippen LogP contribution in [0, 0.1) is 6.92 Å². The maximum atomic E-state index is 12.1. The van der Waals surface area contributed by atoms with Crippen LogP contribution in [0.5, 0.6) is 5.75 Å². The van der Waals surface area contributed by atoms with Crippen molar-refractivity contribution in [3.8, 4) is 5.75 Å². The highest BCUT2D eigenvalue weighted by Crippen LogP contribution is 2.23. The number of likely N-dealkylation sites (N-methyl/N-ethyl adjacent to an activating group) is 1. The van der Waals surface area contributed by atoms with Crippen LogP contribution in [-0.4, -0.2) is 36.0 Å². The Bertz CT molecular complexity index is 670. The van der Waals surface area contributed by atoms with Crippen molar-refractivity contribution < 1.29 is 27.2 Å². The normalized spacial score (nSPS) is 11.2. The summed E-state index contributed by atoms with van der Waals surface area (Å²) in [4.78, 5) is 17.1. The first-order valence-electron chi connectivity index (χ1n) is 6.39. The number of pyridine rings is 1. The van der Waals surface area contributed by atoms with E-state index in [0.29, 0.717) is 11.6 Å². The Labute approximate surface area is 129 Å². The van der Waals surface area contributed by atoms with Crippen molar-refractivity contribution in [2.24, 2.45) is 0 Å². The third-order valence-corrected chi connectivity index (χ3v) is 2.62. The maximum absolute atomic E-state index is 12.1. The fraction of sp³-hybridized carbons (Fsp3) is 0.308. The van der Waals surface area contributed by atoms with Crippen LogP contribution in [0.25, 0.3) is 0 Å². The summed E-state index contributed by atoms with van der Waals surface area (Å²) in [6.45, 7) is 1.61. The molecule has 23 heavy (non-hydrogen) atoms. The van der Waals surface area contributed by atoms with Crippen LogP contribution in [0.15, 0.2) is 28.9 Å². The van der Waals surface area contributed by atoms with Crippen molar-refractivity contribution in [1.29, 1.82) is 0 Å². The number of nitrogens with zero attached hydrogens (tertiary/aromatic N) is 3. The molecule has 2 aromatic rings. The van der Waals surface area contributed by atoms with Gasteiger partial charge in [-0.2, -0.15) is 0 Å². The number of rotatable bonds is 5. The van der Waals surface area contributed by atoms with Gasteiger partial charge in [-0.05, 0) is 19.1 Å². The van der Waals surface area contributed by atoms with E-state index in [-0.39, 0.29) is 18.3 Å². The Morgan fingerprint density at radius 3 is 2.70 bits per heavy atom. The summed E-state index contributed by atoms with van der Waals surface area (Å²) in [7, 11) is 1.57. The van der Waals surface area contributed by atoms with E-state index < -0.39 is 12.1 Å². The van der Waals surface area contributed by atoms with E-state index >= 15 is 0 Å². The van der Waals surface area contributed by atoms with Crippen molar-refractivity contribution in [2.75, 3.05) is 23.8 Å². The van der Waals surface area contributed by atoms with Gasteiger partial charge < -0.3 is 19.5 Å². The molecule has 2 heterocycles. The second kappa shape index (κ2) is 6.55. The number of ether oxygens (including phenoxy) is 1. The second-order valence-corrected chi connectivity index (χ2v) is 4.63. The molecule has 10 heteroatoms. The van der Waals surface area contributed by atoms with Gasteiger partial charge in [0, 0.05) is 13.1 Å². The van der Waals surface area contributed by atoms with Crippen LogP contribution in [0.2, 0.25) is 0 Å². The van der Waals surface area contributed by atoms with Gasteiger partial charge in [0.1, 0.15) is 17.3 Å². The molecule has 0 atom stereocenters. The highest BCUT2D eigenvalue weighted by molar-refractivity contribution is 5.93. The number of amides is 1. The Morgan fingerprint density at radius 2 is 2.17 bits per heavy atom.